The molecule has 0 fully saturated rings. The standard InChI is InChI=1S/C17H17ClN2O/c18-15-10-12(8-9-14(15)17(19)21)20-16-7-3-5-11-4-1-2-6-13(11)16/h1-2,4,6,8-10,16,20H,3,5,7H2,(H2,19,21). The average molecular weight is 301 g/mol. The van der Waals surface area contributed by atoms with Crippen molar-refractivity contribution >= 4 is 23.2 Å². The molecule has 2 aromatic carbocycles. The second-order valence-corrected chi connectivity index (χ2v) is 5.75. The zero-order chi connectivity index (χ0) is 14.8. The largest absolute Gasteiger partial charge is 0.378 e. The smallest absolute Gasteiger partial charge is 0.250 e. The Morgan fingerprint density at radius 1 is 1.24 bits per heavy atom. The number of primary amides is 1. The first-order valence-corrected chi connectivity index (χ1v) is 7.46. The van der Waals surface area contributed by atoms with Crippen molar-refractivity contribution in [2.24, 2.45) is 5.73 Å². The zero-order valence-corrected chi connectivity index (χ0v) is 12.4. The molecule has 1 unspecified atom stereocenters. The Morgan fingerprint density at radius 3 is 2.81 bits per heavy atom. The molecule has 3 rings (SSSR count). The lowest BCUT2D eigenvalue weighted by molar-refractivity contribution is 0.100. The molecule has 4 heteroatoms. The van der Waals surface area contributed by atoms with Crippen LogP contribution >= 0.6 is 11.6 Å². The second kappa shape index (κ2) is 5.78. The third-order valence-electron chi connectivity index (χ3n) is 3.94. The first-order chi connectivity index (χ1) is 10.1. The summed E-state index contributed by atoms with van der Waals surface area (Å²) in [6.07, 6.45) is 3.39. The highest BCUT2D eigenvalue weighted by atomic mass is 35.5. The first kappa shape index (κ1) is 14.0. The molecule has 1 atom stereocenters. The molecule has 0 saturated carbocycles. The van der Waals surface area contributed by atoms with Crippen LogP contribution in [0.2, 0.25) is 5.02 Å². The molecular weight excluding hydrogens is 284 g/mol. The second-order valence-electron chi connectivity index (χ2n) is 5.35. The van der Waals surface area contributed by atoms with Gasteiger partial charge in [-0.15, -0.1) is 0 Å². The number of hydrogen-bond donors (Lipinski definition) is 2. The fourth-order valence-corrected chi connectivity index (χ4v) is 3.18. The Balaban J connectivity index is 1.85. The molecule has 2 aromatic rings. The molecule has 1 amide bonds. The van der Waals surface area contributed by atoms with Crippen LogP contribution < -0.4 is 11.1 Å². The maximum Gasteiger partial charge on any atom is 0.250 e. The molecule has 21 heavy (non-hydrogen) atoms. The van der Waals surface area contributed by atoms with E-state index in [0.717, 1.165) is 18.5 Å². The van der Waals surface area contributed by atoms with Crippen molar-refractivity contribution in [2.45, 2.75) is 25.3 Å². The molecule has 108 valence electrons. The van der Waals surface area contributed by atoms with Gasteiger partial charge in [0.25, 0.3) is 0 Å². The number of fused-ring (bicyclic) bond motifs is 1. The topological polar surface area (TPSA) is 55.1 Å². The summed E-state index contributed by atoms with van der Waals surface area (Å²) in [7, 11) is 0. The van der Waals surface area contributed by atoms with Crippen molar-refractivity contribution in [3.63, 3.8) is 0 Å². The predicted molar refractivity (Wildman–Crippen MR) is 85.7 cm³/mol. The van der Waals surface area contributed by atoms with E-state index in [1.54, 1.807) is 12.1 Å². The van der Waals surface area contributed by atoms with Crippen LogP contribution in [0.15, 0.2) is 42.5 Å². The molecule has 0 bridgehead atoms. The van der Waals surface area contributed by atoms with Gasteiger partial charge in [-0.3, -0.25) is 4.79 Å². The zero-order valence-electron chi connectivity index (χ0n) is 11.6. The number of nitrogens with one attached hydrogen (secondary N) is 1. The van der Waals surface area contributed by atoms with E-state index in [-0.39, 0.29) is 6.04 Å². The Morgan fingerprint density at radius 2 is 2.05 bits per heavy atom. The summed E-state index contributed by atoms with van der Waals surface area (Å²) < 4.78 is 0. The average Bonchev–Trinajstić information content (AvgIpc) is 2.47. The lowest BCUT2D eigenvalue weighted by atomic mass is 9.87. The van der Waals surface area contributed by atoms with E-state index in [1.165, 1.54) is 17.5 Å². The fourth-order valence-electron chi connectivity index (χ4n) is 2.91. The van der Waals surface area contributed by atoms with E-state index >= 15 is 0 Å². The lowest BCUT2D eigenvalue weighted by Crippen LogP contribution is -2.17. The van der Waals surface area contributed by atoms with Crippen molar-refractivity contribution in [3.8, 4) is 0 Å². The maximum absolute atomic E-state index is 11.2. The normalized spacial score (nSPS) is 17.1. The minimum Gasteiger partial charge on any atom is -0.378 e. The molecule has 0 saturated heterocycles. The Bertz CT molecular complexity index is 684. The van der Waals surface area contributed by atoms with E-state index in [4.69, 9.17) is 17.3 Å². The van der Waals surface area contributed by atoms with Crippen LogP contribution in [-0.2, 0) is 6.42 Å². The third kappa shape index (κ3) is 2.88. The van der Waals surface area contributed by atoms with Crippen molar-refractivity contribution in [2.75, 3.05) is 5.32 Å². The number of hydrogen-bond acceptors (Lipinski definition) is 2. The van der Waals surface area contributed by atoms with Gasteiger partial charge in [0.05, 0.1) is 16.6 Å². The lowest BCUT2D eigenvalue weighted by Gasteiger charge is -2.27. The van der Waals surface area contributed by atoms with Crippen LogP contribution in [0.4, 0.5) is 5.69 Å². The highest BCUT2D eigenvalue weighted by Gasteiger charge is 2.19. The van der Waals surface area contributed by atoms with Crippen LogP contribution in [0.3, 0.4) is 0 Å². The summed E-state index contributed by atoms with van der Waals surface area (Å²) in [5, 5.41) is 3.89. The van der Waals surface area contributed by atoms with Crippen molar-refractivity contribution in [1.29, 1.82) is 0 Å². The molecule has 3 N–H and O–H groups in total. The SMILES string of the molecule is NC(=O)c1ccc(NC2CCCc3ccccc32)cc1Cl. The van der Waals surface area contributed by atoms with Gasteiger partial charge in [-0.2, -0.15) is 0 Å². The van der Waals surface area contributed by atoms with Gasteiger partial charge in [0.2, 0.25) is 5.91 Å². The van der Waals surface area contributed by atoms with Crippen molar-refractivity contribution in [1.82, 2.24) is 0 Å². The number of benzene rings is 2. The van der Waals surface area contributed by atoms with Crippen LogP contribution in [0.25, 0.3) is 0 Å². The number of rotatable bonds is 3. The maximum atomic E-state index is 11.2. The van der Waals surface area contributed by atoms with Gasteiger partial charge in [-0.05, 0) is 48.6 Å². The van der Waals surface area contributed by atoms with Crippen molar-refractivity contribution < 1.29 is 4.79 Å². The third-order valence-corrected chi connectivity index (χ3v) is 4.26. The number of carbonyl (C=O) groups excluding carboxylic acids is 1. The molecule has 3 nitrogen and oxygen atoms in total. The summed E-state index contributed by atoms with van der Waals surface area (Å²) in [5.41, 5.74) is 9.28. The van der Waals surface area contributed by atoms with Gasteiger partial charge < -0.3 is 11.1 Å². The quantitative estimate of drug-likeness (QED) is 0.902. The monoisotopic (exact) mass is 300 g/mol. The highest BCUT2D eigenvalue weighted by molar-refractivity contribution is 6.34. The Hall–Kier alpha value is -2.00. The summed E-state index contributed by atoms with van der Waals surface area (Å²) in [4.78, 5) is 11.2. The fraction of sp³-hybridized carbons (Fsp3) is 0.235. The van der Waals surface area contributed by atoms with Crippen LogP contribution in [0.1, 0.15) is 40.4 Å². The van der Waals surface area contributed by atoms with Crippen LogP contribution in [0.5, 0.6) is 0 Å². The molecule has 0 radical (unpaired) electrons. The highest BCUT2D eigenvalue weighted by Crippen LogP contribution is 2.33. The number of anilines is 1. The molecule has 1 aliphatic rings. The van der Waals surface area contributed by atoms with E-state index in [9.17, 15) is 4.79 Å². The van der Waals surface area contributed by atoms with E-state index in [2.05, 4.69) is 29.6 Å². The number of carbonyl (C=O) groups is 1. The molecule has 1 aliphatic carbocycles. The van der Waals surface area contributed by atoms with Gasteiger partial charge >= 0.3 is 0 Å². The number of halogens is 1. The first-order valence-electron chi connectivity index (χ1n) is 7.09. The molecular formula is C17H17ClN2O. The van der Waals surface area contributed by atoms with Gasteiger partial charge in [-0.25, -0.2) is 0 Å². The van der Waals surface area contributed by atoms with Gasteiger partial charge in [0.1, 0.15) is 0 Å². The Kier molecular flexibility index (Phi) is 3.84. The number of amides is 1. The van der Waals surface area contributed by atoms with Crippen LogP contribution in [0, 0.1) is 0 Å². The summed E-state index contributed by atoms with van der Waals surface area (Å²) in [5.74, 6) is -0.505. The molecule has 0 aromatic heterocycles. The summed E-state index contributed by atoms with van der Waals surface area (Å²) >= 11 is 6.10. The van der Waals surface area contributed by atoms with Crippen molar-refractivity contribution in [3.05, 3.63) is 64.2 Å². The summed E-state index contributed by atoms with van der Waals surface area (Å²) in [6.45, 7) is 0. The van der Waals surface area contributed by atoms with E-state index in [0.29, 0.717) is 10.6 Å². The number of aryl methyl sites for hydroxylation is 1. The molecule has 0 heterocycles. The van der Waals surface area contributed by atoms with Gasteiger partial charge in [0.15, 0.2) is 0 Å². The van der Waals surface area contributed by atoms with Gasteiger partial charge in [0, 0.05) is 5.69 Å². The van der Waals surface area contributed by atoms with E-state index < -0.39 is 5.91 Å². The molecule has 0 spiro atoms. The van der Waals surface area contributed by atoms with E-state index in [1.807, 2.05) is 6.07 Å². The molecule has 0 aliphatic heterocycles. The predicted octanol–water partition coefficient (Wildman–Crippen LogP) is 3.93. The van der Waals surface area contributed by atoms with Crippen LogP contribution in [-0.4, -0.2) is 5.91 Å². The minimum atomic E-state index is -0.505. The summed E-state index contributed by atoms with van der Waals surface area (Å²) in [6, 6.07) is 14.1. The number of nitrogens with two attached hydrogens (primary N) is 1. The van der Waals surface area contributed by atoms with Gasteiger partial charge in [-0.1, -0.05) is 35.9 Å². The minimum absolute atomic E-state index is 0.283. The Labute approximate surface area is 129 Å².